The molecule has 146 valence electrons. The van der Waals surface area contributed by atoms with Crippen molar-refractivity contribution in [3.05, 3.63) is 96.7 Å². The number of phenolic OH excluding ortho intramolecular Hbond substituents is 1. The van der Waals surface area contributed by atoms with Gasteiger partial charge in [-0.1, -0.05) is 59.9 Å². The average Bonchev–Trinajstić information content (AvgIpc) is 3.03. The molecule has 2 aromatic carbocycles. The van der Waals surface area contributed by atoms with E-state index in [1.807, 2.05) is 30.3 Å². The van der Waals surface area contributed by atoms with E-state index in [2.05, 4.69) is 4.99 Å². The van der Waals surface area contributed by atoms with Gasteiger partial charge in [0, 0.05) is 5.56 Å². The monoisotopic (exact) mass is 406 g/mol. The number of carbonyl (C=O) groups is 1. The van der Waals surface area contributed by atoms with Crippen molar-refractivity contribution in [2.24, 2.45) is 4.99 Å². The highest BCUT2D eigenvalue weighted by Gasteiger charge is 2.32. The van der Waals surface area contributed by atoms with Gasteiger partial charge in [0.25, 0.3) is 5.56 Å². The van der Waals surface area contributed by atoms with Crippen LogP contribution in [0.2, 0.25) is 0 Å². The maximum absolute atomic E-state index is 13.3. The quantitative estimate of drug-likeness (QED) is 0.676. The van der Waals surface area contributed by atoms with E-state index < -0.39 is 12.0 Å². The topological polar surface area (TPSA) is 80.9 Å². The predicted molar refractivity (Wildman–Crippen MR) is 110 cm³/mol. The second kappa shape index (κ2) is 7.52. The van der Waals surface area contributed by atoms with E-state index in [0.717, 1.165) is 5.56 Å². The molecule has 0 radical (unpaired) electrons. The number of para-hydroxylation sites is 1. The summed E-state index contributed by atoms with van der Waals surface area (Å²) >= 11 is 1.22. The zero-order valence-electron chi connectivity index (χ0n) is 15.8. The lowest BCUT2D eigenvalue weighted by atomic mass is 9.96. The Balaban J connectivity index is 2.00. The van der Waals surface area contributed by atoms with Crippen LogP contribution in [-0.4, -0.2) is 22.8 Å². The highest BCUT2D eigenvalue weighted by atomic mass is 32.1. The molecule has 1 N–H and O–H groups in total. The van der Waals surface area contributed by atoms with Crippen LogP contribution in [0.4, 0.5) is 0 Å². The third-order valence-corrected chi connectivity index (χ3v) is 5.75. The fourth-order valence-electron chi connectivity index (χ4n) is 3.39. The van der Waals surface area contributed by atoms with Gasteiger partial charge in [0.1, 0.15) is 5.75 Å². The van der Waals surface area contributed by atoms with Crippen molar-refractivity contribution in [3.8, 4) is 5.75 Å². The van der Waals surface area contributed by atoms with Gasteiger partial charge in [-0.3, -0.25) is 9.36 Å². The number of aromatic nitrogens is 1. The number of phenols is 1. The summed E-state index contributed by atoms with van der Waals surface area (Å²) in [7, 11) is 1.31. The molecule has 0 fully saturated rings. The van der Waals surface area contributed by atoms with Crippen LogP contribution < -0.4 is 14.9 Å². The fourth-order valence-corrected chi connectivity index (χ4v) is 4.43. The molecule has 0 spiro atoms. The number of benzene rings is 2. The van der Waals surface area contributed by atoms with Gasteiger partial charge in [0.05, 0.1) is 29.0 Å². The standard InChI is InChI=1S/C22H18N2O4S/c1-13-18(21(27)28-2)19(14-8-4-3-5-9-14)24-20(26)17(29-22(24)23-13)12-15-10-6-7-11-16(15)25/h3-12,19,25H,1-2H3. The molecule has 1 atom stereocenters. The van der Waals surface area contributed by atoms with Crippen LogP contribution in [0, 0.1) is 0 Å². The maximum atomic E-state index is 13.3. The molecule has 1 aromatic heterocycles. The van der Waals surface area contributed by atoms with Gasteiger partial charge in [0.2, 0.25) is 0 Å². The van der Waals surface area contributed by atoms with Crippen LogP contribution in [-0.2, 0) is 9.53 Å². The number of nitrogens with zero attached hydrogens (tertiary/aromatic N) is 2. The number of hydrogen-bond acceptors (Lipinski definition) is 6. The van der Waals surface area contributed by atoms with Crippen LogP contribution in [0.25, 0.3) is 6.08 Å². The number of carbonyl (C=O) groups excluding carboxylic acids is 1. The number of methoxy groups -OCH3 is 1. The number of thiazole rings is 1. The predicted octanol–water partition coefficient (Wildman–Crippen LogP) is 2.11. The first-order chi connectivity index (χ1) is 14.0. The zero-order chi connectivity index (χ0) is 20.5. The summed E-state index contributed by atoms with van der Waals surface area (Å²) < 4.78 is 6.92. The van der Waals surface area contributed by atoms with Gasteiger partial charge in [-0.05, 0) is 24.6 Å². The van der Waals surface area contributed by atoms with Crippen molar-refractivity contribution < 1.29 is 14.6 Å². The normalized spacial score (nSPS) is 16.3. The molecule has 6 nitrogen and oxygen atoms in total. The lowest BCUT2D eigenvalue weighted by molar-refractivity contribution is -0.136. The van der Waals surface area contributed by atoms with E-state index in [9.17, 15) is 14.7 Å². The fraction of sp³-hybridized carbons (Fsp3) is 0.136. The van der Waals surface area contributed by atoms with Gasteiger partial charge in [-0.25, -0.2) is 9.79 Å². The lowest BCUT2D eigenvalue weighted by Crippen LogP contribution is -2.39. The highest BCUT2D eigenvalue weighted by molar-refractivity contribution is 7.07. The summed E-state index contributed by atoms with van der Waals surface area (Å²) in [5.41, 5.74) is 1.90. The van der Waals surface area contributed by atoms with Gasteiger partial charge < -0.3 is 9.84 Å². The van der Waals surface area contributed by atoms with Crippen molar-refractivity contribution in [3.63, 3.8) is 0 Å². The second-order valence-electron chi connectivity index (χ2n) is 6.54. The first-order valence-electron chi connectivity index (χ1n) is 8.95. The summed E-state index contributed by atoms with van der Waals surface area (Å²) in [6.07, 6.45) is 1.64. The van der Waals surface area contributed by atoms with Gasteiger partial charge in [-0.2, -0.15) is 0 Å². The molecular formula is C22H18N2O4S. The summed E-state index contributed by atoms with van der Waals surface area (Å²) in [6, 6.07) is 15.5. The maximum Gasteiger partial charge on any atom is 0.338 e. The first kappa shape index (κ1) is 18.9. The molecule has 7 heteroatoms. The van der Waals surface area contributed by atoms with Crippen LogP contribution in [0.15, 0.2) is 75.7 Å². The Hall–Kier alpha value is -3.45. The molecule has 0 amide bonds. The van der Waals surface area contributed by atoms with Crippen LogP contribution in [0.1, 0.15) is 24.1 Å². The SMILES string of the molecule is COC(=O)C1=C(C)N=c2sc(=Cc3ccccc3O)c(=O)n2C1c1ccccc1. The Morgan fingerprint density at radius 1 is 1.17 bits per heavy atom. The molecular weight excluding hydrogens is 388 g/mol. The van der Waals surface area contributed by atoms with Crippen molar-refractivity contribution in [1.82, 2.24) is 4.57 Å². The number of fused-ring (bicyclic) bond motifs is 1. The number of allylic oxidation sites excluding steroid dienone is 1. The van der Waals surface area contributed by atoms with E-state index in [4.69, 9.17) is 4.74 Å². The Morgan fingerprint density at radius 2 is 1.86 bits per heavy atom. The zero-order valence-corrected chi connectivity index (χ0v) is 16.6. The van der Waals surface area contributed by atoms with Crippen LogP contribution >= 0.6 is 11.3 Å². The van der Waals surface area contributed by atoms with E-state index in [1.165, 1.54) is 23.0 Å². The van der Waals surface area contributed by atoms with Crippen molar-refractivity contribution in [2.75, 3.05) is 7.11 Å². The number of aromatic hydroxyl groups is 1. The van der Waals surface area contributed by atoms with Crippen LogP contribution in [0.5, 0.6) is 5.75 Å². The van der Waals surface area contributed by atoms with Gasteiger partial charge in [-0.15, -0.1) is 0 Å². The molecule has 1 unspecified atom stereocenters. The number of hydrogen-bond donors (Lipinski definition) is 1. The number of ether oxygens (including phenoxy) is 1. The molecule has 4 rings (SSSR count). The average molecular weight is 406 g/mol. The summed E-state index contributed by atoms with van der Waals surface area (Å²) in [5, 5.41) is 10.1. The van der Waals surface area contributed by atoms with Crippen molar-refractivity contribution in [2.45, 2.75) is 13.0 Å². The molecule has 3 aromatic rings. The first-order valence-corrected chi connectivity index (χ1v) is 9.76. The third kappa shape index (κ3) is 3.30. The molecule has 0 aliphatic carbocycles. The molecule has 1 aliphatic rings. The molecule has 0 saturated heterocycles. The molecule has 2 heterocycles. The van der Waals surface area contributed by atoms with Crippen LogP contribution in [0.3, 0.4) is 0 Å². The lowest BCUT2D eigenvalue weighted by Gasteiger charge is -2.24. The Morgan fingerprint density at radius 3 is 2.55 bits per heavy atom. The van der Waals surface area contributed by atoms with E-state index in [-0.39, 0.29) is 11.3 Å². The Kier molecular flexibility index (Phi) is 4.90. The molecule has 29 heavy (non-hydrogen) atoms. The van der Waals surface area contributed by atoms with E-state index >= 15 is 0 Å². The minimum absolute atomic E-state index is 0.0874. The largest absolute Gasteiger partial charge is 0.507 e. The number of esters is 1. The Labute approximate surface area is 170 Å². The van der Waals surface area contributed by atoms with Gasteiger partial charge in [0.15, 0.2) is 4.80 Å². The Bertz CT molecular complexity index is 1300. The minimum atomic E-state index is -0.633. The summed E-state index contributed by atoms with van der Waals surface area (Å²) in [5.74, 6) is -0.431. The molecule has 0 bridgehead atoms. The van der Waals surface area contributed by atoms with Crippen molar-refractivity contribution >= 4 is 23.4 Å². The second-order valence-corrected chi connectivity index (χ2v) is 7.55. The molecule has 0 saturated carbocycles. The van der Waals surface area contributed by atoms with Gasteiger partial charge >= 0.3 is 5.97 Å². The van der Waals surface area contributed by atoms with Crippen molar-refractivity contribution in [1.29, 1.82) is 0 Å². The smallest absolute Gasteiger partial charge is 0.338 e. The van der Waals surface area contributed by atoms with E-state index in [0.29, 0.717) is 26.2 Å². The summed E-state index contributed by atoms with van der Waals surface area (Å²) in [4.78, 5) is 30.8. The number of rotatable bonds is 3. The summed E-state index contributed by atoms with van der Waals surface area (Å²) in [6.45, 7) is 1.74. The van der Waals surface area contributed by atoms with E-state index in [1.54, 1.807) is 37.3 Å². The molecule has 1 aliphatic heterocycles. The minimum Gasteiger partial charge on any atom is -0.507 e. The highest BCUT2D eigenvalue weighted by Crippen LogP contribution is 2.30. The third-order valence-electron chi connectivity index (χ3n) is 4.77.